The number of aryl methyl sites for hydroxylation is 2. The number of hydrogen-bond acceptors (Lipinski definition) is 6. The average molecular weight is 490 g/mol. The first-order valence-electron chi connectivity index (χ1n) is 10.8. The molecule has 35 heavy (non-hydrogen) atoms. The van der Waals surface area contributed by atoms with Crippen molar-refractivity contribution in [1.29, 1.82) is 0 Å². The second-order valence-electron chi connectivity index (χ2n) is 8.27. The van der Waals surface area contributed by atoms with Crippen LogP contribution in [0, 0.1) is 13.8 Å². The molecule has 2 aromatic heterocycles. The van der Waals surface area contributed by atoms with Crippen LogP contribution in [-0.4, -0.2) is 29.7 Å². The first-order chi connectivity index (χ1) is 16.6. The number of aromatic nitrogens is 2. The highest BCUT2D eigenvalue weighted by molar-refractivity contribution is 7.91. The quantitative estimate of drug-likeness (QED) is 0.413. The normalized spacial score (nSPS) is 11.4. The number of sulfone groups is 1. The van der Waals surface area contributed by atoms with Crippen LogP contribution in [0.25, 0.3) is 11.0 Å². The summed E-state index contributed by atoms with van der Waals surface area (Å²) in [6.45, 7) is 4.74. The van der Waals surface area contributed by atoms with Gasteiger partial charge in [-0.2, -0.15) is 0 Å². The van der Waals surface area contributed by atoms with Crippen LogP contribution in [-0.2, 0) is 21.2 Å². The SMILES string of the molecule is CC(=O)c1ccc(NC(=O)Cn2cc(S(=O)(=O)c3ccc(C)cc3)c(=O)c3ccc(C)nc32)cc1. The summed E-state index contributed by atoms with van der Waals surface area (Å²) in [5, 5.41) is 2.82. The van der Waals surface area contributed by atoms with E-state index in [1.165, 1.54) is 35.9 Å². The number of carbonyl (C=O) groups is 2. The molecule has 2 aromatic carbocycles. The molecule has 0 atom stereocenters. The number of nitrogens with zero attached hydrogens (tertiary/aromatic N) is 2. The first kappa shape index (κ1) is 24.0. The summed E-state index contributed by atoms with van der Waals surface area (Å²) in [7, 11) is -4.14. The number of anilines is 1. The predicted molar refractivity (Wildman–Crippen MR) is 132 cm³/mol. The van der Waals surface area contributed by atoms with Gasteiger partial charge in [0.2, 0.25) is 21.2 Å². The van der Waals surface area contributed by atoms with Gasteiger partial charge in [-0.3, -0.25) is 14.4 Å². The van der Waals surface area contributed by atoms with Gasteiger partial charge in [-0.05, 0) is 69.3 Å². The van der Waals surface area contributed by atoms with Crippen molar-refractivity contribution in [2.24, 2.45) is 0 Å². The fourth-order valence-corrected chi connectivity index (χ4v) is 5.00. The maximum atomic E-state index is 13.3. The molecule has 0 fully saturated rings. The molecule has 8 nitrogen and oxygen atoms in total. The van der Waals surface area contributed by atoms with Crippen molar-refractivity contribution in [3.8, 4) is 0 Å². The van der Waals surface area contributed by atoms with Crippen molar-refractivity contribution in [3.05, 3.63) is 93.9 Å². The van der Waals surface area contributed by atoms with E-state index in [1.54, 1.807) is 49.4 Å². The van der Waals surface area contributed by atoms with E-state index in [1.807, 2.05) is 6.92 Å². The van der Waals surface area contributed by atoms with Crippen LogP contribution >= 0.6 is 0 Å². The Bertz CT molecular complexity index is 1620. The summed E-state index contributed by atoms with van der Waals surface area (Å²) in [4.78, 5) is 41.4. The Labute approximate surface area is 202 Å². The molecule has 0 saturated carbocycles. The molecule has 2 heterocycles. The maximum Gasteiger partial charge on any atom is 0.244 e. The highest BCUT2D eigenvalue weighted by Gasteiger charge is 2.25. The van der Waals surface area contributed by atoms with Crippen molar-refractivity contribution in [2.45, 2.75) is 37.1 Å². The van der Waals surface area contributed by atoms with Crippen molar-refractivity contribution in [2.75, 3.05) is 5.32 Å². The lowest BCUT2D eigenvalue weighted by Crippen LogP contribution is -2.24. The third kappa shape index (κ3) is 4.90. The maximum absolute atomic E-state index is 13.3. The Morgan fingerprint density at radius 3 is 2.23 bits per heavy atom. The predicted octanol–water partition coefficient (Wildman–Crippen LogP) is 3.69. The monoisotopic (exact) mass is 489 g/mol. The standard InChI is InChI=1S/C26H23N3O5S/c1-16-4-11-21(12-5-16)35(33,34)23-14-29(26-22(25(23)32)13-6-17(2)27-26)15-24(31)28-20-9-7-19(8-10-20)18(3)30/h4-14H,15H2,1-3H3,(H,28,31). The summed E-state index contributed by atoms with van der Waals surface area (Å²) < 4.78 is 28.0. The van der Waals surface area contributed by atoms with Gasteiger partial charge in [-0.25, -0.2) is 13.4 Å². The van der Waals surface area contributed by atoms with Gasteiger partial charge in [-0.15, -0.1) is 0 Å². The van der Waals surface area contributed by atoms with E-state index in [9.17, 15) is 22.8 Å². The third-order valence-electron chi connectivity index (χ3n) is 5.54. The molecule has 0 radical (unpaired) electrons. The molecule has 178 valence electrons. The van der Waals surface area contributed by atoms with E-state index in [4.69, 9.17) is 0 Å². The fourth-order valence-electron chi connectivity index (χ4n) is 3.63. The highest BCUT2D eigenvalue weighted by Crippen LogP contribution is 2.21. The number of nitrogens with one attached hydrogen (secondary N) is 1. The molecule has 1 amide bonds. The molecule has 0 aliphatic rings. The molecule has 0 unspecified atom stereocenters. The van der Waals surface area contributed by atoms with E-state index < -0.39 is 26.1 Å². The molecule has 4 aromatic rings. The van der Waals surface area contributed by atoms with E-state index in [0.717, 1.165) is 5.56 Å². The van der Waals surface area contributed by atoms with E-state index >= 15 is 0 Å². The van der Waals surface area contributed by atoms with Gasteiger partial charge >= 0.3 is 0 Å². The minimum absolute atomic E-state index is 0.0128. The van der Waals surface area contributed by atoms with Gasteiger partial charge in [0.25, 0.3) is 0 Å². The number of Topliss-reactive ketones (excluding diaryl/α,β-unsaturated/α-hetero) is 1. The van der Waals surface area contributed by atoms with Crippen LogP contribution in [0.2, 0.25) is 0 Å². The summed E-state index contributed by atoms with van der Waals surface area (Å²) in [5.41, 5.74) is 2.01. The topological polar surface area (TPSA) is 115 Å². The van der Waals surface area contributed by atoms with Gasteiger partial charge in [0.05, 0.1) is 10.3 Å². The van der Waals surface area contributed by atoms with Gasteiger partial charge in [0, 0.05) is 23.1 Å². The molecule has 4 rings (SSSR count). The third-order valence-corrected chi connectivity index (χ3v) is 7.30. The molecule has 1 N–H and O–H groups in total. The zero-order chi connectivity index (χ0) is 25.3. The molecule has 0 spiro atoms. The van der Waals surface area contributed by atoms with Crippen LogP contribution in [0.5, 0.6) is 0 Å². The average Bonchev–Trinajstić information content (AvgIpc) is 2.81. The lowest BCUT2D eigenvalue weighted by Gasteiger charge is -2.14. The Kier molecular flexibility index (Phi) is 6.36. The van der Waals surface area contributed by atoms with Crippen LogP contribution in [0.4, 0.5) is 5.69 Å². The Morgan fingerprint density at radius 1 is 0.943 bits per heavy atom. The minimum atomic E-state index is -4.14. The van der Waals surface area contributed by atoms with Crippen molar-refractivity contribution < 1.29 is 18.0 Å². The van der Waals surface area contributed by atoms with Crippen molar-refractivity contribution in [3.63, 3.8) is 0 Å². The van der Waals surface area contributed by atoms with Crippen molar-refractivity contribution in [1.82, 2.24) is 9.55 Å². The smallest absolute Gasteiger partial charge is 0.244 e. The minimum Gasteiger partial charge on any atom is -0.325 e. The molecule has 0 bridgehead atoms. The van der Waals surface area contributed by atoms with Gasteiger partial charge in [-0.1, -0.05) is 17.7 Å². The number of amides is 1. The summed E-state index contributed by atoms with van der Waals surface area (Å²) >= 11 is 0. The number of pyridine rings is 2. The number of benzene rings is 2. The van der Waals surface area contributed by atoms with Gasteiger partial charge in [0.1, 0.15) is 17.1 Å². The van der Waals surface area contributed by atoms with Crippen LogP contribution in [0.1, 0.15) is 28.5 Å². The van der Waals surface area contributed by atoms with E-state index in [2.05, 4.69) is 10.3 Å². The Balaban J connectivity index is 1.76. The molecule has 0 saturated heterocycles. The summed E-state index contributed by atoms with van der Waals surface area (Å²) in [6.07, 6.45) is 1.17. The lowest BCUT2D eigenvalue weighted by molar-refractivity contribution is -0.116. The Morgan fingerprint density at radius 2 is 1.60 bits per heavy atom. The number of hydrogen-bond donors (Lipinski definition) is 1. The molecule has 0 aliphatic heterocycles. The van der Waals surface area contributed by atoms with E-state index in [0.29, 0.717) is 16.9 Å². The Hall–Kier alpha value is -4.11. The van der Waals surface area contributed by atoms with Crippen LogP contribution in [0.3, 0.4) is 0 Å². The molecule has 9 heteroatoms. The van der Waals surface area contributed by atoms with Gasteiger partial charge < -0.3 is 9.88 Å². The number of fused-ring (bicyclic) bond motifs is 1. The fraction of sp³-hybridized carbons (Fsp3) is 0.154. The zero-order valence-corrected chi connectivity index (χ0v) is 20.2. The van der Waals surface area contributed by atoms with Gasteiger partial charge in [0.15, 0.2) is 5.78 Å². The van der Waals surface area contributed by atoms with Crippen molar-refractivity contribution >= 4 is 38.2 Å². The summed E-state index contributed by atoms with van der Waals surface area (Å²) in [5.74, 6) is -0.543. The zero-order valence-electron chi connectivity index (χ0n) is 19.4. The van der Waals surface area contributed by atoms with E-state index in [-0.39, 0.29) is 28.3 Å². The van der Waals surface area contributed by atoms with Crippen LogP contribution in [0.15, 0.2) is 81.4 Å². The first-order valence-corrected chi connectivity index (χ1v) is 12.3. The molecular formula is C26H23N3O5S. The number of rotatable bonds is 6. The number of ketones is 1. The largest absolute Gasteiger partial charge is 0.325 e. The molecule has 0 aliphatic carbocycles. The summed E-state index contributed by atoms with van der Waals surface area (Å²) in [6, 6.07) is 15.8. The lowest BCUT2D eigenvalue weighted by atomic mass is 10.1. The molecular weight excluding hydrogens is 466 g/mol. The van der Waals surface area contributed by atoms with Crippen LogP contribution < -0.4 is 10.7 Å². The highest BCUT2D eigenvalue weighted by atomic mass is 32.2. The second-order valence-corrected chi connectivity index (χ2v) is 10.2. The second kappa shape index (κ2) is 9.27. The number of carbonyl (C=O) groups excluding carboxylic acids is 2.